The highest BCUT2D eigenvalue weighted by Gasteiger charge is 2.54. The molecule has 0 spiro atoms. The third-order valence-corrected chi connectivity index (χ3v) is 18.8. The molecule has 0 aliphatic heterocycles. The van der Waals surface area contributed by atoms with Crippen LogP contribution in [-0.4, -0.2) is 51.6 Å². The lowest BCUT2D eigenvalue weighted by molar-refractivity contribution is -0.139. The van der Waals surface area contributed by atoms with Crippen molar-refractivity contribution in [3.8, 4) is 0 Å². The van der Waals surface area contributed by atoms with Crippen LogP contribution in [0.15, 0.2) is 121 Å². The van der Waals surface area contributed by atoms with Gasteiger partial charge in [-0.05, 0) is 30.8 Å². The van der Waals surface area contributed by atoms with Crippen LogP contribution in [-0.2, 0) is 13.6 Å². The number of aliphatic carboxylic acids is 1. The van der Waals surface area contributed by atoms with E-state index in [0.29, 0.717) is 0 Å². The second-order valence-corrected chi connectivity index (χ2v) is 22.3. The van der Waals surface area contributed by atoms with Crippen molar-refractivity contribution >= 4 is 43.4 Å². The normalized spacial score (nSPS) is 14.1. The van der Waals surface area contributed by atoms with Crippen LogP contribution >= 0.6 is 0 Å². The largest absolute Gasteiger partial charge is 0.481 e. The van der Waals surface area contributed by atoms with Crippen LogP contribution in [0.5, 0.6) is 0 Å². The van der Waals surface area contributed by atoms with Gasteiger partial charge in [0.2, 0.25) is 0 Å². The van der Waals surface area contributed by atoms with Gasteiger partial charge in [0.25, 0.3) is 16.6 Å². The van der Waals surface area contributed by atoms with Gasteiger partial charge in [-0.3, -0.25) is 4.79 Å². The van der Waals surface area contributed by atoms with E-state index in [1.807, 2.05) is 72.8 Å². The summed E-state index contributed by atoms with van der Waals surface area (Å²) in [6, 6.07) is 41.1. The van der Waals surface area contributed by atoms with Crippen molar-refractivity contribution in [3.63, 3.8) is 0 Å². The summed E-state index contributed by atoms with van der Waals surface area (Å²) in [6.45, 7) is 12.9. The van der Waals surface area contributed by atoms with Crippen molar-refractivity contribution in [1.82, 2.24) is 0 Å². The predicted octanol–water partition coefficient (Wildman–Crippen LogP) is 5.73. The Bertz CT molecular complexity index is 1400. The monoisotopic (exact) mass is 640 g/mol. The molecule has 0 amide bonds. The Morgan fingerprint density at radius 3 is 1.11 bits per heavy atom. The van der Waals surface area contributed by atoms with E-state index in [1.165, 1.54) is 0 Å². The lowest BCUT2D eigenvalue weighted by Gasteiger charge is -2.47. The third-order valence-electron chi connectivity index (χ3n) is 8.65. The zero-order chi connectivity index (χ0) is 32.7. The number of carboxylic acids is 1. The van der Waals surface area contributed by atoms with Gasteiger partial charge in [0.1, 0.15) is 0 Å². The summed E-state index contributed by atoms with van der Waals surface area (Å²) in [5.41, 5.74) is 0. The molecule has 0 saturated carbocycles. The van der Waals surface area contributed by atoms with Crippen LogP contribution in [0.3, 0.4) is 0 Å². The fraction of sp³-hybridized carbons (Fsp3) is 0.342. The van der Waals surface area contributed by atoms with Gasteiger partial charge in [0.15, 0.2) is 0 Å². The minimum absolute atomic E-state index is 0.203. The first kappa shape index (κ1) is 34.5. The number of benzene rings is 4. The molecule has 0 aliphatic rings. The third kappa shape index (κ3) is 7.40. The molecule has 238 valence electrons. The quantitative estimate of drug-likeness (QED) is 0.183. The van der Waals surface area contributed by atoms with E-state index in [1.54, 1.807) is 0 Å². The Hall–Kier alpha value is -3.34. The van der Waals surface area contributed by atoms with Gasteiger partial charge in [-0.15, -0.1) is 0 Å². The Balaban J connectivity index is 1.84. The first-order valence-corrected chi connectivity index (χ1v) is 19.6. The van der Waals surface area contributed by atoms with Gasteiger partial charge in [0, 0.05) is 6.42 Å². The molecular formula is C38H48O5Si2. The summed E-state index contributed by atoms with van der Waals surface area (Å²) in [7, 11) is -6.09. The van der Waals surface area contributed by atoms with Gasteiger partial charge >= 0.3 is 5.97 Å². The summed E-state index contributed by atoms with van der Waals surface area (Å²) in [4.78, 5) is 12.4. The van der Waals surface area contributed by atoms with Crippen molar-refractivity contribution in [2.45, 2.75) is 76.7 Å². The SMILES string of the molecule is CC(C)(C)[Si](O[C@H](CO)C[C@H](CC(=O)O)O[Si](c1ccccc1)(c1ccccc1)C(C)(C)C)(c1ccccc1)c1ccccc1. The van der Waals surface area contributed by atoms with Gasteiger partial charge in [-0.1, -0.05) is 163 Å². The van der Waals surface area contributed by atoms with Gasteiger partial charge in [-0.2, -0.15) is 0 Å². The minimum atomic E-state index is -3.07. The molecule has 0 saturated heterocycles. The Morgan fingerprint density at radius 1 is 0.578 bits per heavy atom. The summed E-state index contributed by atoms with van der Waals surface area (Å²) in [5.74, 6) is -0.944. The Labute approximate surface area is 271 Å². The molecule has 0 bridgehead atoms. The van der Waals surface area contributed by atoms with E-state index >= 15 is 0 Å². The molecule has 0 radical (unpaired) electrons. The lowest BCUT2D eigenvalue weighted by Crippen LogP contribution is -2.69. The molecule has 0 heterocycles. The molecule has 0 fully saturated rings. The van der Waals surface area contributed by atoms with E-state index in [-0.39, 0.29) is 29.5 Å². The van der Waals surface area contributed by atoms with Crippen LogP contribution < -0.4 is 20.7 Å². The number of rotatable bonds is 13. The highest BCUT2D eigenvalue weighted by molar-refractivity contribution is 7.00. The average molecular weight is 641 g/mol. The molecule has 4 rings (SSSR count). The number of carbonyl (C=O) groups is 1. The number of carboxylic acid groups (broad SMARTS) is 1. The maximum absolute atomic E-state index is 12.4. The lowest BCUT2D eigenvalue weighted by atomic mass is 10.1. The van der Waals surface area contributed by atoms with E-state index in [9.17, 15) is 15.0 Å². The zero-order valence-electron chi connectivity index (χ0n) is 27.4. The summed E-state index contributed by atoms with van der Waals surface area (Å²) in [5, 5.41) is 24.8. The van der Waals surface area contributed by atoms with Crippen molar-refractivity contribution < 1.29 is 23.9 Å². The number of aliphatic hydroxyl groups is 1. The summed E-state index contributed by atoms with van der Waals surface area (Å²) >= 11 is 0. The van der Waals surface area contributed by atoms with Crippen LogP contribution in [0.2, 0.25) is 10.1 Å². The maximum atomic E-state index is 12.4. The summed E-state index contributed by atoms with van der Waals surface area (Å²) in [6.07, 6.45) is -1.33. The molecule has 45 heavy (non-hydrogen) atoms. The van der Waals surface area contributed by atoms with Crippen molar-refractivity contribution in [1.29, 1.82) is 0 Å². The molecule has 4 aromatic carbocycles. The molecule has 7 heteroatoms. The minimum Gasteiger partial charge on any atom is -0.481 e. The van der Waals surface area contributed by atoms with Crippen molar-refractivity contribution in [2.75, 3.05) is 6.61 Å². The van der Waals surface area contributed by atoms with Crippen molar-refractivity contribution in [3.05, 3.63) is 121 Å². The fourth-order valence-electron chi connectivity index (χ4n) is 6.70. The molecule has 2 N–H and O–H groups in total. The standard InChI is InChI=1S/C38H48O5Si2/c1-37(2,3)44(32-19-11-7-12-20-32,33-21-13-8-14-22-33)42-30(28-36(40)41)27-31(29-39)43-45(38(4,5)6,34-23-15-9-16-24-34)35-25-17-10-18-26-35/h7-26,30-31,39H,27-29H2,1-6H3,(H,40,41)/t30-,31+/m1/s1. The topological polar surface area (TPSA) is 76.0 Å². The maximum Gasteiger partial charge on any atom is 0.305 e. The first-order chi connectivity index (χ1) is 21.3. The molecule has 2 atom stereocenters. The molecular weight excluding hydrogens is 593 g/mol. The summed E-state index contributed by atoms with van der Waals surface area (Å²) < 4.78 is 14.6. The predicted molar refractivity (Wildman–Crippen MR) is 189 cm³/mol. The number of aliphatic hydroxyl groups excluding tert-OH is 1. The molecule has 5 nitrogen and oxygen atoms in total. The zero-order valence-corrected chi connectivity index (χ0v) is 29.4. The highest BCUT2D eigenvalue weighted by Crippen LogP contribution is 2.40. The molecule has 0 unspecified atom stereocenters. The fourth-order valence-corrected chi connectivity index (χ4v) is 16.1. The van der Waals surface area contributed by atoms with E-state index in [2.05, 4.69) is 90.1 Å². The molecule has 0 aromatic heterocycles. The first-order valence-electron chi connectivity index (χ1n) is 15.8. The Morgan fingerprint density at radius 2 is 0.867 bits per heavy atom. The smallest absolute Gasteiger partial charge is 0.305 e. The molecule has 0 aliphatic carbocycles. The van der Waals surface area contributed by atoms with Crippen LogP contribution in [0.4, 0.5) is 0 Å². The van der Waals surface area contributed by atoms with Crippen LogP contribution in [0.25, 0.3) is 0 Å². The highest BCUT2D eigenvalue weighted by atomic mass is 28.4. The van der Waals surface area contributed by atoms with E-state index < -0.39 is 34.8 Å². The Kier molecular flexibility index (Phi) is 11.0. The number of hydrogen-bond acceptors (Lipinski definition) is 4. The number of hydrogen-bond donors (Lipinski definition) is 2. The van der Waals surface area contributed by atoms with Gasteiger partial charge < -0.3 is 19.1 Å². The van der Waals surface area contributed by atoms with Crippen LogP contribution in [0.1, 0.15) is 54.4 Å². The molecule has 4 aromatic rings. The van der Waals surface area contributed by atoms with Gasteiger partial charge in [0.05, 0.1) is 25.2 Å². The second-order valence-electron chi connectivity index (χ2n) is 13.8. The van der Waals surface area contributed by atoms with Crippen molar-refractivity contribution in [2.24, 2.45) is 0 Å². The van der Waals surface area contributed by atoms with E-state index in [4.69, 9.17) is 8.85 Å². The van der Waals surface area contributed by atoms with Gasteiger partial charge in [-0.25, -0.2) is 0 Å². The average Bonchev–Trinajstić information content (AvgIpc) is 3.02. The van der Waals surface area contributed by atoms with E-state index in [0.717, 1.165) is 20.7 Å². The van der Waals surface area contributed by atoms with Crippen LogP contribution in [0, 0.1) is 0 Å². The second kappa shape index (κ2) is 14.4.